The van der Waals surface area contributed by atoms with Gasteiger partial charge in [0.2, 0.25) is 5.91 Å². The van der Waals surface area contributed by atoms with Crippen LogP contribution in [0.1, 0.15) is 18.1 Å². The maximum atomic E-state index is 13.0. The fourth-order valence-electron chi connectivity index (χ4n) is 1.23. The third kappa shape index (κ3) is 3.96. The van der Waals surface area contributed by atoms with Crippen LogP contribution in [-0.4, -0.2) is 17.4 Å². The molecule has 1 amide bonds. The Hall–Kier alpha value is -1.75. The van der Waals surface area contributed by atoms with Crippen molar-refractivity contribution in [1.29, 1.82) is 0 Å². The molecule has 1 rings (SSSR count). The Morgan fingerprint density at radius 3 is 3.00 bits per heavy atom. The highest BCUT2D eigenvalue weighted by Crippen LogP contribution is 2.12. The zero-order valence-corrected chi connectivity index (χ0v) is 10.1. The van der Waals surface area contributed by atoms with E-state index in [1.54, 1.807) is 0 Å². The van der Waals surface area contributed by atoms with Gasteiger partial charge in [-0.2, -0.15) is 0 Å². The summed E-state index contributed by atoms with van der Waals surface area (Å²) in [5.74, 6) is -0.770. The molecule has 1 aromatic carbocycles. The zero-order valence-electron chi connectivity index (χ0n) is 9.29. The van der Waals surface area contributed by atoms with E-state index in [1.807, 2.05) is 6.92 Å². The minimum absolute atomic E-state index is 0.0773. The van der Waals surface area contributed by atoms with Gasteiger partial charge in [-0.25, -0.2) is 4.39 Å². The predicted octanol–water partition coefficient (Wildman–Crippen LogP) is 1.41. The first-order chi connectivity index (χ1) is 8.04. The monoisotopic (exact) mass is 251 g/mol. The van der Waals surface area contributed by atoms with Crippen LogP contribution in [-0.2, 0) is 4.79 Å². The molecule has 0 aliphatic rings. The fourth-order valence-corrected chi connectivity index (χ4v) is 1.40. The summed E-state index contributed by atoms with van der Waals surface area (Å²) in [5, 5.41) is 2.60. The number of amides is 1. The lowest BCUT2D eigenvalue weighted by atomic mass is 10.1. The Morgan fingerprint density at radius 2 is 2.41 bits per heavy atom. The Kier molecular flexibility index (Phi) is 4.78. The molecule has 5 heteroatoms. The van der Waals surface area contributed by atoms with E-state index >= 15 is 0 Å². The van der Waals surface area contributed by atoms with Gasteiger partial charge in [0.1, 0.15) is 10.8 Å². The second-order valence-corrected chi connectivity index (χ2v) is 3.68. The SMILES string of the molecule is CCNC(=O)/C=C/c1c[c]c(F)cc1C(N)=S. The van der Waals surface area contributed by atoms with Crippen molar-refractivity contribution in [2.75, 3.05) is 6.54 Å². The van der Waals surface area contributed by atoms with Crippen molar-refractivity contribution in [2.45, 2.75) is 6.92 Å². The first-order valence-corrected chi connectivity index (χ1v) is 5.42. The van der Waals surface area contributed by atoms with Crippen molar-refractivity contribution < 1.29 is 9.18 Å². The third-order valence-corrected chi connectivity index (χ3v) is 2.20. The summed E-state index contributed by atoms with van der Waals surface area (Å²) in [5.41, 5.74) is 6.41. The fraction of sp³-hybridized carbons (Fsp3) is 0.167. The molecule has 3 nitrogen and oxygen atoms in total. The van der Waals surface area contributed by atoms with Crippen LogP contribution in [0.15, 0.2) is 18.2 Å². The number of rotatable bonds is 4. The molecule has 0 saturated heterocycles. The lowest BCUT2D eigenvalue weighted by Crippen LogP contribution is -2.19. The highest BCUT2D eigenvalue weighted by molar-refractivity contribution is 7.80. The van der Waals surface area contributed by atoms with E-state index in [0.717, 1.165) is 0 Å². The number of nitrogens with one attached hydrogen (secondary N) is 1. The van der Waals surface area contributed by atoms with Gasteiger partial charge in [-0.1, -0.05) is 12.2 Å². The number of benzene rings is 1. The second-order valence-electron chi connectivity index (χ2n) is 3.24. The number of carbonyl (C=O) groups excluding carboxylic acids is 1. The highest BCUT2D eigenvalue weighted by atomic mass is 32.1. The van der Waals surface area contributed by atoms with Crippen LogP contribution in [0.25, 0.3) is 6.08 Å². The average molecular weight is 251 g/mol. The lowest BCUT2D eigenvalue weighted by Gasteiger charge is -2.03. The smallest absolute Gasteiger partial charge is 0.243 e. The maximum absolute atomic E-state index is 13.0. The molecule has 0 bridgehead atoms. The van der Waals surface area contributed by atoms with Gasteiger partial charge in [-0.15, -0.1) is 0 Å². The summed E-state index contributed by atoms with van der Waals surface area (Å²) in [6.45, 7) is 2.36. The Bertz CT molecular complexity index is 472. The van der Waals surface area contributed by atoms with Crippen LogP contribution in [0.4, 0.5) is 4.39 Å². The number of hydrogen-bond donors (Lipinski definition) is 2. The summed E-state index contributed by atoms with van der Waals surface area (Å²) in [6, 6.07) is 4.98. The molecule has 0 aromatic heterocycles. The molecule has 0 spiro atoms. The molecule has 89 valence electrons. The van der Waals surface area contributed by atoms with Crippen LogP contribution in [0, 0.1) is 11.9 Å². The zero-order chi connectivity index (χ0) is 12.8. The first-order valence-electron chi connectivity index (χ1n) is 5.01. The normalized spacial score (nSPS) is 10.5. The number of likely N-dealkylation sites (N-methyl/N-ethyl adjacent to an activating group) is 1. The molecule has 0 heterocycles. The van der Waals surface area contributed by atoms with E-state index in [-0.39, 0.29) is 10.9 Å². The minimum Gasteiger partial charge on any atom is -0.389 e. The molecule has 1 aromatic rings. The Balaban J connectivity index is 2.98. The molecule has 0 unspecified atom stereocenters. The van der Waals surface area contributed by atoms with Crippen LogP contribution in [0.3, 0.4) is 0 Å². The van der Waals surface area contributed by atoms with Crippen LogP contribution in [0.5, 0.6) is 0 Å². The molecular formula is C12H12FN2OS. The minimum atomic E-state index is -0.539. The average Bonchev–Trinajstić information content (AvgIpc) is 2.27. The summed E-state index contributed by atoms with van der Waals surface area (Å²) in [4.78, 5) is 11.3. The lowest BCUT2D eigenvalue weighted by molar-refractivity contribution is -0.116. The van der Waals surface area contributed by atoms with Gasteiger partial charge in [0, 0.05) is 24.3 Å². The Morgan fingerprint density at radius 1 is 1.71 bits per heavy atom. The van der Waals surface area contributed by atoms with Crippen molar-refractivity contribution in [2.24, 2.45) is 5.73 Å². The Labute approximate surface area is 105 Å². The topological polar surface area (TPSA) is 55.1 Å². The molecule has 3 N–H and O–H groups in total. The quantitative estimate of drug-likeness (QED) is 0.628. The molecule has 0 atom stereocenters. The summed E-state index contributed by atoms with van der Waals surface area (Å²) in [7, 11) is 0. The summed E-state index contributed by atoms with van der Waals surface area (Å²) in [6.07, 6.45) is 2.86. The van der Waals surface area contributed by atoms with Crippen molar-refractivity contribution in [3.63, 3.8) is 0 Å². The molecule has 0 aliphatic carbocycles. The van der Waals surface area contributed by atoms with Crippen molar-refractivity contribution >= 4 is 29.2 Å². The molecule has 0 saturated carbocycles. The number of hydrogen-bond acceptors (Lipinski definition) is 2. The molecular weight excluding hydrogens is 239 g/mol. The maximum Gasteiger partial charge on any atom is 0.243 e. The molecule has 1 radical (unpaired) electrons. The number of thiocarbonyl (C=S) groups is 1. The summed E-state index contributed by atoms with van der Waals surface area (Å²) < 4.78 is 13.0. The van der Waals surface area contributed by atoms with Gasteiger partial charge in [-0.3, -0.25) is 4.79 Å². The van der Waals surface area contributed by atoms with Gasteiger partial charge in [-0.05, 0) is 30.7 Å². The number of halogens is 1. The van der Waals surface area contributed by atoms with Gasteiger partial charge < -0.3 is 11.1 Å². The third-order valence-electron chi connectivity index (χ3n) is 1.98. The largest absolute Gasteiger partial charge is 0.389 e. The number of carbonyl (C=O) groups is 1. The molecule has 17 heavy (non-hydrogen) atoms. The van der Waals surface area contributed by atoms with E-state index < -0.39 is 5.82 Å². The molecule has 0 fully saturated rings. The van der Waals surface area contributed by atoms with Crippen molar-refractivity contribution in [3.8, 4) is 0 Å². The molecule has 0 aliphatic heterocycles. The van der Waals surface area contributed by atoms with E-state index in [2.05, 4.69) is 11.4 Å². The van der Waals surface area contributed by atoms with Crippen LogP contribution < -0.4 is 11.1 Å². The van der Waals surface area contributed by atoms with E-state index in [9.17, 15) is 9.18 Å². The van der Waals surface area contributed by atoms with E-state index in [1.165, 1.54) is 24.3 Å². The van der Waals surface area contributed by atoms with Gasteiger partial charge >= 0.3 is 0 Å². The van der Waals surface area contributed by atoms with Crippen LogP contribution >= 0.6 is 12.2 Å². The van der Waals surface area contributed by atoms with Gasteiger partial charge in [0.15, 0.2) is 0 Å². The van der Waals surface area contributed by atoms with Crippen molar-refractivity contribution in [1.82, 2.24) is 5.32 Å². The predicted molar refractivity (Wildman–Crippen MR) is 68.8 cm³/mol. The first kappa shape index (κ1) is 13.3. The van der Waals surface area contributed by atoms with E-state index in [0.29, 0.717) is 17.7 Å². The van der Waals surface area contributed by atoms with E-state index in [4.69, 9.17) is 18.0 Å². The highest BCUT2D eigenvalue weighted by Gasteiger charge is 2.05. The van der Waals surface area contributed by atoms with Gasteiger partial charge in [0.25, 0.3) is 0 Å². The summed E-state index contributed by atoms with van der Waals surface area (Å²) >= 11 is 4.80. The standard InChI is InChI=1S/C12H12FN2OS/c1-2-15-11(16)6-4-8-3-5-9(13)7-10(8)12(14)17/h3-4,6-7H,2H2,1H3,(H2,14,17)(H,15,16)/b6-4+. The number of nitrogens with two attached hydrogens (primary N) is 1. The second kappa shape index (κ2) is 6.10. The van der Waals surface area contributed by atoms with Crippen molar-refractivity contribution in [3.05, 3.63) is 41.2 Å². The van der Waals surface area contributed by atoms with Gasteiger partial charge in [0.05, 0.1) is 0 Å². The van der Waals surface area contributed by atoms with Crippen LogP contribution in [0.2, 0.25) is 0 Å².